The number of aliphatic hydroxyl groups is 8. The maximum absolute atomic E-state index is 11.1. The second-order valence-electron chi connectivity index (χ2n) is 11.8. The number of hydrogen-bond donors (Lipinski definition) is 13. The minimum atomic E-state index is -1.53. The lowest BCUT2D eigenvalue weighted by atomic mass is 9.84. The van der Waals surface area contributed by atoms with Gasteiger partial charge in [-0.3, -0.25) is 0 Å². The smallest absolute Gasteiger partial charge is 0.187 e. The van der Waals surface area contributed by atoms with Gasteiger partial charge in [0.2, 0.25) is 0 Å². The van der Waals surface area contributed by atoms with E-state index in [1.165, 1.54) is 0 Å². The van der Waals surface area contributed by atoms with Crippen LogP contribution in [0.4, 0.5) is 0 Å². The number of nitrogens with two attached hydrogens (primary N) is 5. The van der Waals surface area contributed by atoms with Crippen molar-refractivity contribution in [1.82, 2.24) is 0 Å². The summed E-state index contributed by atoms with van der Waals surface area (Å²) < 4.78 is 41.2. The quantitative estimate of drug-likeness (QED) is 0.0924. The van der Waals surface area contributed by atoms with Crippen LogP contribution >= 0.6 is 0 Å². The van der Waals surface area contributed by atoms with Crippen LogP contribution in [-0.2, 0) is 33.2 Å². The summed E-state index contributed by atoms with van der Waals surface area (Å²) in [5, 5.41) is 81.6. The third-order valence-corrected chi connectivity index (χ3v) is 8.70. The van der Waals surface area contributed by atoms with E-state index < -0.39 is 136 Å². The van der Waals surface area contributed by atoms with Crippen LogP contribution in [0.2, 0.25) is 0 Å². The molecule has 3 heterocycles. The molecule has 3 saturated heterocycles. The molecule has 18 N–H and O–H groups in total. The third-order valence-electron chi connectivity index (χ3n) is 8.70. The summed E-state index contributed by atoms with van der Waals surface area (Å²) in [6.07, 6.45) is -19.8. The van der Waals surface area contributed by atoms with Crippen LogP contribution in [0.25, 0.3) is 0 Å². The highest BCUT2D eigenvalue weighted by Gasteiger charge is 2.55. The van der Waals surface area contributed by atoms with Crippen LogP contribution in [0.1, 0.15) is 6.42 Å². The molecule has 0 radical (unpaired) electrons. The highest BCUT2D eigenvalue weighted by Crippen LogP contribution is 2.35. The van der Waals surface area contributed by atoms with Gasteiger partial charge in [-0.15, -0.1) is 0 Å². The standard InChI is InChI=1S/C25H49N5O15/c26-4-9-15(35)17(37)12(29)23(40-9)44-20-11(6-33)42-25(22(20)39-2-1-31)45-21-14(34)7(27)3-8(28)19(21)43-24-13(30)18(38)16(36)10(5-32)41-24/h7-25,31-38H,1-6,26-30H2/t7-,8+,9+,10-,11-,12-,13-,14+,15-,16-,17-,18-,19-,20-,21-,22-,23-,24-,25+/m1/s1. The zero-order valence-corrected chi connectivity index (χ0v) is 24.5. The Morgan fingerprint density at radius 2 is 1.07 bits per heavy atom. The highest BCUT2D eigenvalue weighted by molar-refractivity contribution is 5.02. The SMILES string of the molecule is NC[C@@H]1O[C@H](O[C@H]2[C@@H](OCCO)[C@H](O[C@@H]3[C@@H](O)[C@H](N)C[C@H](N)[C@H]3O[C@H]3O[C@H](CO)[C@@H](O)[C@H](O)[C@H]3N)O[C@@H]2CO)[C@H](N)[C@@H](O)[C@@H]1O. The Bertz CT molecular complexity index is 915. The van der Waals surface area contributed by atoms with E-state index in [0.29, 0.717) is 0 Å². The summed E-state index contributed by atoms with van der Waals surface area (Å²) in [4.78, 5) is 0. The average molecular weight is 660 g/mol. The van der Waals surface area contributed by atoms with Crippen molar-refractivity contribution in [3.63, 3.8) is 0 Å². The molecule has 45 heavy (non-hydrogen) atoms. The van der Waals surface area contributed by atoms with Gasteiger partial charge >= 0.3 is 0 Å². The van der Waals surface area contributed by atoms with Gasteiger partial charge in [0.15, 0.2) is 18.9 Å². The molecule has 1 saturated carbocycles. The zero-order chi connectivity index (χ0) is 33.2. The first kappa shape index (κ1) is 37.0. The van der Waals surface area contributed by atoms with Gasteiger partial charge in [-0.2, -0.15) is 0 Å². The van der Waals surface area contributed by atoms with Crippen molar-refractivity contribution in [3.8, 4) is 0 Å². The molecule has 20 nitrogen and oxygen atoms in total. The normalized spacial score (nSPS) is 51.0. The minimum absolute atomic E-state index is 0.0661. The predicted octanol–water partition coefficient (Wildman–Crippen LogP) is -8.85. The summed E-state index contributed by atoms with van der Waals surface area (Å²) in [6, 6.07) is -4.30. The molecular weight excluding hydrogens is 610 g/mol. The van der Waals surface area contributed by atoms with Crippen molar-refractivity contribution in [2.45, 2.75) is 123 Å². The number of aliphatic hydroxyl groups excluding tert-OH is 8. The van der Waals surface area contributed by atoms with E-state index in [-0.39, 0.29) is 19.6 Å². The molecule has 0 aromatic carbocycles. The van der Waals surface area contributed by atoms with E-state index in [9.17, 15) is 40.9 Å². The van der Waals surface area contributed by atoms with Crippen LogP contribution < -0.4 is 28.7 Å². The lowest BCUT2D eigenvalue weighted by Gasteiger charge is -2.47. The van der Waals surface area contributed by atoms with Gasteiger partial charge in [0.25, 0.3) is 0 Å². The molecule has 0 aromatic heterocycles. The van der Waals surface area contributed by atoms with Crippen molar-refractivity contribution in [2.75, 3.05) is 33.0 Å². The van der Waals surface area contributed by atoms with E-state index in [0.717, 1.165) is 0 Å². The first-order valence-electron chi connectivity index (χ1n) is 14.9. The molecule has 19 atom stereocenters. The zero-order valence-electron chi connectivity index (χ0n) is 24.5. The van der Waals surface area contributed by atoms with Crippen molar-refractivity contribution >= 4 is 0 Å². The molecule has 0 spiro atoms. The van der Waals surface area contributed by atoms with Crippen LogP contribution in [0.5, 0.6) is 0 Å². The minimum Gasteiger partial charge on any atom is -0.394 e. The molecule has 0 unspecified atom stereocenters. The second kappa shape index (κ2) is 16.1. The van der Waals surface area contributed by atoms with Gasteiger partial charge in [-0.05, 0) is 6.42 Å². The van der Waals surface area contributed by atoms with Crippen molar-refractivity contribution < 1.29 is 74.0 Å². The number of rotatable bonds is 12. The van der Waals surface area contributed by atoms with Gasteiger partial charge in [0, 0.05) is 18.6 Å². The first-order chi connectivity index (χ1) is 21.4. The molecule has 264 valence electrons. The number of hydrogen-bond acceptors (Lipinski definition) is 20. The predicted molar refractivity (Wildman–Crippen MR) is 147 cm³/mol. The van der Waals surface area contributed by atoms with Crippen LogP contribution in [0, 0.1) is 0 Å². The summed E-state index contributed by atoms with van der Waals surface area (Å²) in [5.41, 5.74) is 30.3. The molecule has 0 amide bonds. The monoisotopic (exact) mass is 659 g/mol. The van der Waals surface area contributed by atoms with E-state index in [2.05, 4.69) is 0 Å². The summed E-state index contributed by atoms with van der Waals surface area (Å²) in [5.74, 6) is 0. The Labute approximate surface area is 258 Å². The lowest BCUT2D eigenvalue weighted by molar-refractivity contribution is -0.312. The maximum atomic E-state index is 11.1. The molecule has 20 heteroatoms. The van der Waals surface area contributed by atoms with E-state index in [1.807, 2.05) is 0 Å². The first-order valence-corrected chi connectivity index (χ1v) is 14.9. The van der Waals surface area contributed by atoms with E-state index in [1.54, 1.807) is 0 Å². The molecule has 4 aliphatic rings. The second-order valence-corrected chi connectivity index (χ2v) is 11.8. The Morgan fingerprint density at radius 1 is 0.556 bits per heavy atom. The Kier molecular flexibility index (Phi) is 13.2. The van der Waals surface area contributed by atoms with Crippen LogP contribution in [0.3, 0.4) is 0 Å². The fraction of sp³-hybridized carbons (Fsp3) is 1.00. The number of ether oxygens (including phenoxy) is 7. The van der Waals surface area contributed by atoms with Gasteiger partial charge < -0.3 is 103 Å². The summed E-state index contributed by atoms with van der Waals surface area (Å²) in [7, 11) is 0. The van der Waals surface area contributed by atoms with Gasteiger partial charge in [-0.25, -0.2) is 0 Å². The van der Waals surface area contributed by atoms with Gasteiger partial charge in [-0.1, -0.05) is 0 Å². The van der Waals surface area contributed by atoms with Gasteiger partial charge in [0.1, 0.15) is 67.1 Å². The summed E-state index contributed by atoms with van der Waals surface area (Å²) >= 11 is 0. The molecule has 4 fully saturated rings. The fourth-order valence-electron chi connectivity index (χ4n) is 6.04. The van der Waals surface area contributed by atoms with E-state index >= 15 is 0 Å². The van der Waals surface area contributed by atoms with Crippen molar-refractivity contribution in [1.29, 1.82) is 0 Å². The molecule has 3 aliphatic heterocycles. The summed E-state index contributed by atoms with van der Waals surface area (Å²) in [6.45, 7) is -2.12. The van der Waals surface area contributed by atoms with Crippen molar-refractivity contribution in [2.24, 2.45) is 28.7 Å². The van der Waals surface area contributed by atoms with E-state index in [4.69, 9.17) is 61.8 Å². The molecule has 0 bridgehead atoms. The lowest BCUT2D eigenvalue weighted by Crippen LogP contribution is -2.68. The molecular formula is C25H49N5O15. The molecule has 0 aromatic rings. The Morgan fingerprint density at radius 3 is 1.62 bits per heavy atom. The largest absolute Gasteiger partial charge is 0.394 e. The average Bonchev–Trinajstić information content (AvgIpc) is 3.35. The van der Waals surface area contributed by atoms with Gasteiger partial charge in [0.05, 0.1) is 44.6 Å². The topological polar surface area (TPSA) is 357 Å². The van der Waals surface area contributed by atoms with Crippen molar-refractivity contribution in [3.05, 3.63) is 0 Å². The fourth-order valence-corrected chi connectivity index (χ4v) is 6.04. The maximum Gasteiger partial charge on any atom is 0.187 e. The molecule has 4 rings (SSSR count). The Hall–Kier alpha value is -0.800. The van der Waals surface area contributed by atoms with Crippen LogP contribution in [-0.4, -0.2) is 190 Å². The molecule has 1 aliphatic carbocycles. The highest BCUT2D eigenvalue weighted by atomic mass is 16.8. The van der Waals surface area contributed by atoms with Crippen LogP contribution in [0.15, 0.2) is 0 Å². The third kappa shape index (κ3) is 7.76. The Balaban J connectivity index is 1.57.